The second-order valence-corrected chi connectivity index (χ2v) is 9.45. The van der Waals surface area contributed by atoms with Crippen LogP contribution in [0.5, 0.6) is 0 Å². The fourth-order valence-corrected chi connectivity index (χ4v) is 5.10. The average molecular weight is 408 g/mol. The van der Waals surface area contributed by atoms with Crippen molar-refractivity contribution in [3.8, 4) is 0 Å². The van der Waals surface area contributed by atoms with E-state index in [0.29, 0.717) is 11.3 Å². The van der Waals surface area contributed by atoms with Crippen LogP contribution in [0.3, 0.4) is 0 Å². The van der Waals surface area contributed by atoms with E-state index in [1.165, 1.54) is 43.7 Å². The monoisotopic (exact) mass is 407 g/mol. The lowest BCUT2D eigenvalue weighted by Crippen LogP contribution is -2.51. The van der Waals surface area contributed by atoms with Crippen LogP contribution in [0, 0.1) is 5.41 Å². The molecule has 6 nitrogen and oxygen atoms in total. The number of guanidine groups is 1. The highest BCUT2D eigenvalue weighted by molar-refractivity contribution is 7.09. The number of hydrogen-bond donors (Lipinski definition) is 2. The molecule has 1 aliphatic carbocycles. The molecule has 1 aromatic heterocycles. The lowest BCUT2D eigenvalue weighted by atomic mass is 9.73. The van der Waals surface area contributed by atoms with E-state index >= 15 is 0 Å². The summed E-state index contributed by atoms with van der Waals surface area (Å²) in [7, 11) is 1.85. The number of rotatable bonds is 7. The molecule has 3 rings (SSSR count). The molecule has 1 saturated carbocycles. The topological polar surface area (TPSA) is 61.8 Å². The quantitative estimate of drug-likeness (QED) is 0.537. The summed E-state index contributed by atoms with van der Waals surface area (Å²) in [6.45, 7) is 11.1. The molecule has 158 valence electrons. The first-order chi connectivity index (χ1) is 13.6. The number of hydrogen-bond acceptors (Lipinski definition) is 5. The van der Waals surface area contributed by atoms with Gasteiger partial charge in [-0.1, -0.05) is 33.1 Å². The van der Waals surface area contributed by atoms with E-state index in [2.05, 4.69) is 39.8 Å². The number of aliphatic imine (C=N–C) groups is 1. The molecular formula is C21H37N5OS. The fraction of sp³-hybridized carbons (Fsp3) is 0.810. The molecule has 0 radical (unpaired) electrons. The maximum atomic E-state index is 5.54. The van der Waals surface area contributed by atoms with Crippen molar-refractivity contribution in [1.29, 1.82) is 0 Å². The minimum Gasteiger partial charge on any atom is -0.379 e. The van der Waals surface area contributed by atoms with Crippen molar-refractivity contribution < 1.29 is 4.74 Å². The summed E-state index contributed by atoms with van der Waals surface area (Å²) in [5.41, 5.74) is 1.44. The Bertz CT molecular complexity index is 618. The van der Waals surface area contributed by atoms with E-state index in [4.69, 9.17) is 9.72 Å². The molecule has 1 aromatic rings. The third-order valence-electron chi connectivity index (χ3n) is 5.93. The van der Waals surface area contributed by atoms with Crippen LogP contribution in [0.1, 0.15) is 62.6 Å². The van der Waals surface area contributed by atoms with Crippen LogP contribution in [-0.4, -0.2) is 62.3 Å². The maximum Gasteiger partial charge on any atom is 0.191 e. The van der Waals surface area contributed by atoms with Crippen molar-refractivity contribution in [2.45, 2.75) is 58.4 Å². The Kier molecular flexibility index (Phi) is 8.11. The van der Waals surface area contributed by atoms with Crippen LogP contribution < -0.4 is 10.6 Å². The molecule has 2 N–H and O–H groups in total. The highest BCUT2D eigenvalue weighted by Gasteiger charge is 2.34. The highest BCUT2D eigenvalue weighted by atomic mass is 32.1. The zero-order chi connectivity index (χ0) is 19.8. The molecule has 1 saturated heterocycles. The van der Waals surface area contributed by atoms with Gasteiger partial charge in [0.05, 0.1) is 30.5 Å². The Hall–Kier alpha value is -1.18. The maximum absolute atomic E-state index is 5.54. The van der Waals surface area contributed by atoms with Crippen LogP contribution in [0.2, 0.25) is 0 Å². The lowest BCUT2D eigenvalue weighted by molar-refractivity contribution is 0.00820. The normalized spacial score (nSPS) is 21.1. The number of aromatic nitrogens is 1. The zero-order valence-electron chi connectivity index (χ0n) is 17.8. The van der Waals surface area contributed by atoms with Gasteiger partial charge in [-0.25, -0.2) is 4.98 Å². The second kappa shape index (κ2) is 10.6. The molecule has 2 heterocycles. The Morgan fingerprint density at radius 2 is 2.00 bits per heavy atom. The van der Waals surface area contributed by atoms with E-state index < -0.39 is 0 Å². The van der Waals surface area contributed by atoms with Gasteiger partial charge in [0.1, 0.15) is 0 Å². The van der Waals surface area contributed by atoms with E-state index in [9.17, 15) is 0 Å². The van der Waals surface area contributed by atoms with Crippen molar-refractivity contribution in [2.24, 2.45) is 10.4 Å². The van der Waals surface area contributed by atoms with Crippen molar-refractivity contribution in [1.82, 2.24) is 20.5 Å². The molecular weight excluding hydrogens is 370 g/mol. The minimum absolute atomic E-state index is 0.346. The van der Waals surface area contributed by atoms with Gasteiger partial charge in [0.2, 0.25) is 0 Å². The highest BCUT2D eigenvalue weighted by Crippen LogP contribution is 2.36. The third kappa shape index (κ3) is 6.16. The van der Waals surface area contributed by atoms with Gasteiger partial charge >= 0.3 is 0 Å². The van der Waals surface area contributed by atoms with Crippen LogP contribution >= 0.6 is 11.3 Å². The van der Waals surface area contributed by atoms with Crippen LogP contribution in [0.25, 0.3) is 0 Å². The van der Waals surface area contributed by atoms with Crippen LogP contribution in [0.15, 0.2) is 10.4 Å². The predicted molar refractivity (Wildman–Crippen MR) is 117 cm³/mol. The zero-order valence-corrected chi connectivity index (χ0v) is 18.6. The standard InChI is InChI=1S/C21H37N5OS/c1-17(2)19-25-18(14-28-19)13-23-20(22-3)24-15-21(7-5-4-6-8-21)16-26-9-11-27-12-10-26/h14,17H,4-13,15-16H2,1-3H3,(H2,22,23,24). The molecule has 0 amide bonds. The van der Waals surface area contributed by atoms with Gasteiger partial charge in [-0.05, 0) is 12.8 Å². The van der Waals surface area contributed by atoms with Gasteiger partial charge in [0.15, 0.2) is 5.96 Å². The number of ether oxygens (including phenoxy) is 1. The summed E-state index contributed by atoms with van der Waals surface area (Å²) in [5.74, 6) is 1.37. The second-order valence-electron chi connectivity index (χ2n) is 8.56. The number of nitrogens with zero attached hydrogens (tertiary/aromatic N) is 3. The van der Waals surface area contributed by atoms with Crippen molar-refractivity contribution >= 4 is 17.3 Å². The van der Waals surface area contributed by atoms with Crippen molar-refractivity contribution in [3.63, 3.8) is 0 Å². The molecule has 7 heteroatoms. The lowest BCUT2D eigenvalue weighted by Gasteiger charge is -2.42. The Morgan fingerprint density at radius 1 is 1.25 bits per heavy atom. The Morgan fingerprint density at radius 3 is 2.64 bits per heavy atom. The number of nitrogens with one attached hydrogen (secondary N) is 2. The van der Waals surface area contributed by atoms with Gasteiger partial charge in [0, 0.05) is 49.9 Å². The molecule has 0 unspecified atom stereocenters. The molecule has 2 fully saturated rings. The molecule has 0 spiro atoms. The summed E-state index contributed by atoms with van der Waals surface area (Å²) >= 11 is 1.74. The predicted octanol–water partition coefficient (Wildman–Crippen LogP) is 3.21. The van der Waals surface area contributed by atoms with E-state index in [1.54, 1.807) is 11.3 Å². The average Bonchev–Trinajstić information content (AvgIpc) is 3.19. The number of thiazole rings is 1. The molecule has 28 heavy (non-hydrogen) atoms. The van der Waals surface area contributed by atoms with E-state index in [0.717, 1.165) is 51.0 Å². The van der Waals surface area contributed by atoms with Crippen molar-refractivity contribution in [2.75, 3.05) is 46.4 Å². The van der Waals surface area contributed by atoms with Gasteiger partial charge in [-0.3, -0.25) is 9.89 Å². The van der Waals surface area contributed by atoms with E-state index in [-0.39, 0.29) is 0 Å². The molecule has 2 aliphatic rings. The molecule has 0 bridgehead atoms. The smallest absolute Gasteiger partial charge is 0.191 e. The van der Waals surface area contributed by atoms with E-state index in [1.807, 2.05) is 7.05 Å². The Balaban J connectivity index is 1.52. The molecule has 1 aliphatic heterocycles. The van der Waals surface area contributed by atoms with Crippen LogP contribution in [-0.2, 0) is 11.3 Å². The van der Waals surface area contributed by atoms with Gasteiger partial charge in [0.25, 0.3) is 0 Å². The first-order valence-electron chi connectivity index (χ1n) is 10.8. The first-order valence-corrected chi connectivity index (χ1v) is 11.7. The van der Waals surface area contributed by atoms with Crippen LogP contribution in [0.4, 0.5) is 0 Å². The van der Waals surface area contributed by atoms with Gasteiger partial charge in [-0.2, -0.15) is 0 Å². The SMILES string of the molecule is CN=C(NCc1csc(C(C)C)n1)NCC1(CN2CCOCC2)CCCCC1. The fourth-order valence-electron chi connectivity index (χ4n) is 4.26. The summed E-state index contributed by atoms with van der Waals surface area (Å²) in [5, 5.41) is 10.4. The third-order valence-corrected chi connectivity index (χ3v) is 7.13. The van der Waals surface area contributed by atoms with Gasteiger partial charge < -0.3 is 15.4 Å². The molecule has 0 aromatic carbocycles. The summed E-state index contributed by atoms with van der Waals surface area (Å²) in [4.78, 5) is 11.7. The summed E-state index contributed by atoms with van der Waals surface area (Å²) in [6.07, 6.45) is 6.67. The Labute approximate surface area is 174 Å². The summed E-state index contributed by atoms with van der Waals surface area (Å²) in [6, 6.07) is 0. The minimum atomic E-state index is 0.346. The largest absolute Gasteiger partial charge is 0.379 e. The van der Waals surface area contributed by atoms with Crippen molar-refractivity contribution in [3.05, 3.63) is 16.1 Å². The first kappa shape index (κ1) is 21.5. The number of morpholine rings is 1. The molecule has 0 atom stereocenters. The van der Waals surface area contributed by atoms with Gasteiger partial charge in [-0.15, -0.1) is 11.3 Å². The summed E-state index contributed by atoms with van der Waals surface area (Å²) < 4.78 is 5.54.